The molecule has 0 bridgehead atoms. The molecule has 0 radical (unpaired) electrons. The van der Waals surface area contributed by atoms with Gasteiger partial charge in [0.05, 0.1) is 32.2 Å². The average molecular weight is 819 g/mol. The maximum absolute atomic E-state index is 12.3. The molecule has 0 aliphatic carbocycles. The van der Waals surface area contributed by atoms with Gasteiger partial charge in [-0.1, -0.05) is 12.1 Å². The Kier molecular flexibility index (Phi) is 10.7. The van der Waals surface area contributed by atoms with Gasteiger partial charge in [0.15, 0.2) is 11.7 Å². The number of hydrogen-bond acceptors (Lipinski definition) is 15. The molecule has 0 fully saturated rings. The summed E-state index contributed by atoms with van der Waals surface area (Å²) < 4.78 is 95.1. The number of nitrogens with zero attached hydrogens (tertiary/aromatic N) is 7. The highest BCUT2D eigenvalue weighted by Crippen LogP contribution is 2.46. The SMILES string of the molecule is Cc1cccc(N(Cl)c2nc(Cl)nc(N(Cl)c3cc(S(=O)(=O)O)cc4cc(C)c(N=Nc5ccc(S(=O)(=O)COS(=O)(=O)O)cc5)c(O)c34)n2)c1. The molecular formula is C28H22Cl3N7O10S3. The first-order valence-corrected chi connectivity index (χ1v) is 19.3. The first-order valence-electron chi connectivity index (χ1n) is 13.8. The summed E-state index contributed by atoms with van der Waals surface area (Å²) in [6, 6.07) is 15.1. The van der Waals surface area contributed by atoms with Crippen molar-refractivity contribution in [1.29, 1.82) is 0 Å². The van der Waals surface area contributed by atoms with Gasteiger partial charge in [0.25, 0.3) is 22.0 Å². The van der Waals surface area contributed by atoms with Crippen molar-refractivity contribution in [2.45, 2.75) is 23.6 Å². The van der Waals surface area contributed by atoms with E-state index in [0.717, 1.165) is 38.7 Å². The fourth-order valence-corrected chi connectivity index (χ4v) is 7.29. The van der Waals surface area contributed by atoms with Crippen LogP contribution < -0.4 is 8.84 Å². The molecule has 1 heterocycles. The number of phenolic OH excluding ortho intramolecular Hbond substituents is 1. The summed E-state index contributed by atoms with van der Waals surface area (Å²) in [5, 5.41) is 19.3. The van der Waals surface area contributed by atoms with Gasteiger partial charge in [-0.05, 0) is 96.6 Å². The van der Waals surface area contributed by atoms with Crippen LogP contribution in [0.4, 0.5) is 34.6 Å². The number of phenols is 1. The quantitative estimate of drug-likeness (QED) is 0.0705. The number of benzene rings is 4. The minimum absolute atomic E-state index is 0.0838. The molecule has 5 rings (SSSR count). The van der Waals surface area contributed by atoms with Crippen LogP contribution in [-0.2, 0) is 34.5 Å². The molecule has 4 aromatic carbocycles. The smallest absolute Gasteiger partial charge is 0.398 e. The Hall–Kier alpha value is -4.25. The van der Waals surface area contributed by atoms with Crippen molar-refractivity contribution < 1.29 is 43.6 Å². The van der Waals surface area contributed by atoms with Crippen molar-refractivity contribution >= 4 is 111 Å². The summed E-state index contributed by atoms with van der Waals surface area (Å²) in [7, 11) is -14.1. The highest BCUT2D eigenvalue weighted by Gasteiger charge is 2.25. The molecule has 1 aromatic heterocycles. The molecule has 17 nitrogen and oxygen atoms in total. The number of hydrogen-bond donors (Lipinski definition) is 3. The van der Waals surface area contributed by atoms with Crippen LogP contribution in [0, 0.1) is 13.8 Å². The van der Waals surface area contributed by atoms with Crippen LogP contribution in [-0.4, -0.2) is 60.4 Å². The summed E-state index contributed by atoms with van der Waals surface area (Å²) in [5.41, 5.74) is 1.35. The zero-order valence-electron chi connectivity index (χ0n) is 25.7. The molecule has 0 spiro atoms. The van der Waals surface area contributed by atoms with Crippen molar-refractivity contribution in [3.05, 3.63) is 83.1 Å². The molecule has 23 heteroatoms. The van der Waals surface area contributed by atoms with Crippen LogP contribution in [0.5, 0.6) is 5.75 Å². The minimum atomic E-state index is -5.00. The van der Waals surface area contributed by atoms with Crippen LogP contribution in [0.2, 0.25) is 5.28 Å². The van der Waals surface area contributed by atoms with Crippen LogP contribution in [0.3, 0.4) is 0 Å². The molecule has 0 aliphatic heterocycles. The van der Waals surface area contributed by atoms with E-state index in [0.29, 0.717) is 5.69 Å². The predicted octanol–water partition coefficient (Wildman–Crippen LogP) is 6.80. The summed E-state index contributed by atoms with van der Waals surface area (Å²) in [6.45, 7) is 3.36. The van der Waals surface area contributed by atoms with E-state index < -0.39 is 46.9 Å². The van der Waals surface area contributed by atoms with E-state index in [9.17, 15) is 34.9 Å². The standard InChI is InChI=1S/C28H22Cl3N7O10S3/c1-15-4-3-5-19(10-15)37(30)27-32-26(29)33-28(34-27)38(31)22-13-21(50(42,43)44)12-17-11-16(2)24(25(39)23(17)22)36-35-18-6-8-20(9-7-18)49(40,41)14-48-51(45,46)47/h3-13,39H,14H2,1-2H3,(H,42,43,44)(H,45,46,47). The van der Waals surface area contributed by atoms with Crippen molar-refractivity contribution in [3.8, 4) is 5.75 Å². The van der Waals surface area contributed by atoms with E-state index in [1.165, 1.54) is 25.1 Å². The van der Waals surface area contributed by atoms with E-state index in [-0.39, 0.29) is 55.5 Å². The van der Waals surface area contributed by atoms with Crippen molar-refractivity contribution in [1.82, 2.24) is 15.0 Å². The first-order chi connectivity index (χ1) is 23.7. The molecule has 5 aromatic rings. The first kappa shape index (κ1) is 38.0. The molecule has 51 heavy (non-hydrogen) atoms. The predicted molar refractivity (Wildman–Crippen MR) is 187 cm³/mol. The van der Waals surface area contributed by atoms with Gasteiger partial charge in [-0.25, -0.2) is 21.4 Å². The Morgan fingerprint density at radius 2 is 1.45 bits per heavy atom. The zero-order chi connectivity index (χ0) is 37.5. The summed E-state index contributed by atoms with van der Waals surface area (Å²) in [5.74, 6) is -2.42. The Morgan fingerprint density at radius 1 is 0.804 bits per heavy atom. The Morgan fingerprint density at radius 3 is 2.06 bits per heavy atom. The summed E-state index contributed by atoms with van der Waals surface area (Å²) in [4.78, 5) is 11.4. The summed E-state index contributed by atoms with van der Waals surface area (Å²) in [6.07, 6.45) is 0. The van der Waals surface area contributed by atoms with Gasteiger partial charge >= 0.3 is 10.4 Å². The van der Waals surface area contributed by atoms with Crippen molar-refractivity contribution in [2.24, 2.45) is 10.2 Å². The number of aromatic nitrogens is 3. The topological polar surface area (TPSA) is 242 Å². The highest BCUT2D eigenvalue weighted by molar-refractivity contribution is 7.92. The molecule has 0 unspecified atom stereocenters. The second-order valence-corrected chi connectivity index (χ2v) is 15.9. The fourth-order valence-electron chi connectivity index (χ4n) is 4.53. The number of fused-ring (bicyclic) bond motifs is 1. The number of rotatable bonds is 11. The third-order valence-corrected chi connectivity index (χ3v) is 10.5. The van der Waals surface area contributed by atoms with E-state index in [2.05, 4.69) is 29.4 Å². The summed E-state index contributed by atoms with van der Waals surface area (Å²) >= 11 is 19.4. The average Bonchev–Trinajstić information content (AvgIpc) is 3.05. The molecule has 268 valence electrons. The minimum Gasteiger partial charge on any atom is -0.505 e. The van der Waals surface area contributed by atoms with E-state index in [1.54, 1.807) is 18.2 Å². The van der Waals surface area contributed by atoms with Crippen LogP contribution in [0.25, 0.3) is 10.8 Å². The van der Waals surface area contributed by atoms with E-state index in [1.807, 2.05) is 13.0 Å². The Balaban J connectivity index is 1.58. The van der Waals surface area contributed by atoms with Crippen molar-refractivity contribution in [2.75, 3.05) is 14.8 Å². The number of azo groups is 1. The fraction of sp³-hybridized carbons (Fsp3) is 0.107. The lowest BCUT2D eigenvalue weighted by Crippen LogP contribution is -2.14. The number of anilines is 4. The molecular weight excluding hydrogens is 797 g/mol. The van der Waals surface area contributed by atoms with Gasteiger partial charge in [-0.15, -0.1) is 5.11 Å². The van der Waals surface area contributed by atoms with E-state index >= 15 is 0 Å². The normalized spacial score (nSPS) is 12.5. The second kappa shape index (κ2) is 14.4. The molecule has 3 N–H and O–H groups in total. The molecule has 0 amide bonds. The third-order valence-electron chi connectivity index (χ3n) is 6.82. The largest absolute Gasteiger partial charge is 0.505 e. The maximum atomic E-state index is 12.3. The third kappa shape index (κ3) is 8.80. The Bertz CT molecular complexity index is 2540. The van der Waals surface area contributed by atoms with Crippen molar-refractivity contribution in [3.63, 3.8) is 0 Å². The molecule has 0 aliphatic rings. The van der Waals surface area contributed by atoms with Gasteiger partial charge < -0.3 is 5.11 Å². The number of sulfone groups is 1. The van der Waals surface area contributed by atoms with E-state index in [4.69, 9.17) is 39.7 Å². The number of aryl methyl sites for hydroxylation is 2. The number of aromatic hydroxyl groups is 1. The lowest BCUT2D eigenvalue weighted by molar-refractivity contribution is 0.306. The lowest BCUT2D eigenvalue weighted by atomic mass is 10.0. The monoisotopic (exact) mass is 817 g/mol. The maximum Gasteiger partial charge on any atom is 0.398 e. The molecule has 0 saturated heterocycles. The second-order valence-electron chi connectivity index (χ2n) is 10.5. The van der Waals surface area contributed by atoms with Crippen LogP contribution in [0.15, 0.2) is 86.7 Å². The van der Waals surface area contributed by atoms with Crippen LogP contribution in [0.1, 0.15) is 11.1 Å². The van der Waals surface area contributed by atoms with Gasteiger partial charge in [0, 0.05) is 23.6 Å². The zero-order valence-corrected chi connectivity index (χ0v) is 30.5. The Labute approximate surface area is 305 Å². The van der Waals surface area contributed by atoms with Crippen LogP contribution >= 0.6 is 35.2 Å². The lowest BCUT2D eigenvalue weighted by Gasteiger charge is -2.20. The van der Waals surface area contributed by atoms with Gasteiger partial charge in [0.2, 0.25) is 15.1 Å². The highest BCUT2D eigenvalue weighted by atomic mass is 35.5. The van der Waals surface area contributed by atoms with Gasteiger partial charge in [-0.3, -0.25) is 9.11 Å². The van der Waals surface area contributed by atoms with Gasteiger partial charge in [0.1, 0.15) is 5.69 Å². The number of halogens is 3. The van der Waals surface area contributed by atoms with Gasteiger partial charge in [-0.2, -0.15) is 36.9 Å². The molecule has 0 saturated carbocycles. The molecule has 0 atom stereocenters.